The molecule has 2 rings (SSSR count). The van der Waals surface area contributed by atoms with Gasteiger partial charge in [0.1, 0.15) is 18.1 Å². The molecule has 0 spiro atoms. The minimum Gasteiger partial charge on any atom is -0.496 e. The molecule has 0 heterocycles. The van der Waals surface area contributed by atoms with E-state index in [2.05, 4.69) is 33.4 Å². The van der Waals surface area contributed by atoms with Gasteiger partial charge in [-0.1, -0.05) is 0 Å². The molecule has 0 aromatic heterocycles. The predicted octanol–water partition coefficient (Wildman–Crippen LogP) is 2.79. The van der Waals surface area contributed by atoms with Gasteiger partial charge < -0.3 is 14.2 Å². The van der Waals surface area contributed by atoms with Gasteiger partial charge in [-0.25, -0.2) is 0 Å². The lowest BCUT2D eigenvalue weighted by Gasteiger charge is -2.10. The van der Waals surface area contributed by atoms with E-state index in [1.807, 2.05) is 6.92 Å². The van der Waals surface area contributed by atoms with Crippen LogP contribution in [0.5, 0.6) is 11.5 Å². The minimum absolute atomic E-state index is 0.400. The number of carbonyl (C=O) groups excluding carboxylic acids is 2. The smallest absolute Gasteiger partial charge is 0.269 e. The zero-order valence-electron chi connectivity index (χ0n) is 15.1. The Kier molecular flexibility index (Phi) is 8.34. The molecule has 0 unspecified atom stereocenters. The Morgan fingerprint density at radius 3 is 2.19 bits per heavy atom. The molecule has 0 saturated heterocycles. The molecule has 0 atom stereocenters. The van der Waals surface area contributed by atoms with Crippen molar-refractivity contribution < 1.29 is 23.8 Å². The first kappa shape index (κ1) is 21.0. The number of hydrogen-bond acceptors (Lipinski definition) is 5. The molecule has 7 nitrogen and oxygen atoms in total. The van der Waals surface area contributed by atoms with Crippen LogP contribution in [0.3, 0.4) is 0 Å². The molecule has 2 aromatic carbocycles. The second-order valence-corrected chi connectivity index (χ2v) is 6.49. The number of carbonyl (C=O) groups is 2. The number of nitrogens with one attached hydrogen (secondary N) is 2. The molecule has 2 aromatic rings. The van der Waals surface area contributed by atoms with Gasteiger partial charge in [0.15, 0.2) is 0 Å². The number of benzene rings is 2. The number of rotatable bonds is 8. The number of methoxy groups -OCH3 is 1. The topological polar surface area (TPSA) is 85.9 Å². The first-order chi connectivity index (χ1) is 13.0. The molecule has 2 amide bonds. The van der Waals surface area contributed by atoms with Gasteiger partial charge in [0.05, 0.1) is 17.3 Å². The Hall–Kier alpha value is -2.33. The van der Waals surface area contributed by atoms with Crippen LogP contribution in [0.2, 0.25) is 0 Å². The van der Waals surface area contributed by atoms with Gasteiger partial charge in [0, 0.05) is 17.7 Å². The largest absolute Gasteiger partial charge is 0.496 e. The minimum atomic E-state index is -0.424. The molecule has 0 radical (unpaired) electrons. The maximum absolute atomic E-state index is 12.2. The zero-order chi connectivity index (χ0) is 19.6. The third kappa shape index (κ3) is 6.40. The summed E-state index contributed by atoms with van der Waals surface area (Å²) in [5, 5.41) is 0. The van der Waals surface area contributed by atoms with Crippen LogP contribution in [0.25, 0.3) is 0 Å². The lowest BCUT2D eigenvalue weighted by Crippen LogP contribution is -2.41. The van der Waals surface area contributed by atoms with Crippen molar-refractivity contribution >= 4 is 34.4 Å². The van der Waals surface area contributed by atoms with Gasteiger partial charge in [0.2, 0.25) is 0 Å². The summed E-state index contributed by atoms with van der Waals surface area (Å²) < 4.78 is 16.6. The Morgan fingerprint density at radius 1 is 0.963 bits per heavy atom. The molecule has 0 aliphatic carbocycles. The third-order valence-corrected chi connectivity index (χ3v) is 4.36. The molecule has 0 aliphatic heterocycles. The van der Waals surface area contributed by atoms with E-state index in [1.54, 1.807) is 49.6 Å². The molecule has 0 aliphatic rings. The fourth-order valence-corrected chi connectivity index (χ4v) is 2.87. The van der Waals surface area contributed by atoms with Crippen molar-refractivity contribution in [2.24, 2.45) is 0 Å². The summed E-state index contributed by atoms with van der Waals surface area (Å²) in [7, 11) is 1.56. The van der Waals surface area contributed by atoms with Crippen LogP contribution in [-0.2, 0) is 4.74 Å². The Bertz CT molecular complexity index is 780. The lowest BCUT2D eigenvalue weighted by atomic mass is 10.2. The van der Waals surface area contributed by atoms with Crippen molar-refractivity contribution in [1.29, 1.82) is 0 Å². The standard InChI is InChI=1S/C19H21IN2O5/c1-3-26-10-11-27-15-7-4-13(5-8-15)18(23)21-22-19(24)14-6-9-17(25-2)16(20)12-14/h4-9,12H,3,10-11H2,1-2H3,(H,21,23)(H,22,24). The van der Waals surface area contributed by atoms with Gasteiger partial charge in [0.25, 0.3) is 11.8 Å². The van der Waals surface area contributed by atoms with E-state index in [4.69, 9.17) is 14.2 Å². The van der Waals surface area contributed by atoms with Crippen LogP contribution < -0.4 is 20.3 Å². The fraction of sp³-hybridized carbons (Fsp3) is 0.263. The Labute approximate surface area is 171 Å². The highest BCUT2D eigenvalue weighted by molar-refractivity contribution is 14.1. The van der Waals surface area contributed by atoms with Gasteiger partial charge in [-0.05, 0) is 72.0 Å². The highest BCUT2D eigenvalue weighted by atomic mass is 127. The first-order valence-corrected chi connectivity index (χ1v) is 9.38. The number of hydrogen-bond donors (Lipinski definition) is 2. The van der Waals surface area contributed by atoms with Crippen molar-refractivity contribution in [3.05, 3.63) is 57.2 Å². The van der Waals surface area contributed by atoms with Gasteiger partial charge in [-0.2, -0.15) is 0 Å². The molecular formula is C19H21IN2O5. The first-order valence-electron chi connectivity index (χ1n) is 8.30. The average Bonchev–Trinajstić information content (AvgIpc) is 2.69. The molecule has 2 N–H and O–H groups in total. The molecule has 0 saturated carbocycles. The summed E-state index contributed by atoms with van der Waals surface area (Å²) in [5.41, 5.74) is 5.60. The van der Waals surface area contributed by atoms with E-state index in [0.717, 1.165) is 3.57 Å². The van der Waals surface area contributed by atoms with E-state index in [0.29, 0.717) is 42.4 Å². The van der Waals surface area contributed by atoms with Crippen LogP contribution in [0, 0.1) is 3.57 Å². The van der Waals surface area contributed by atoms with Crippen molar-refractivity contribution in [2.45, 2.75) is 6.92 Å². The summed E-state index contributed by atoms with van der Waals surface area (Å²) in [6, 6.07) is 11.6. The number of hydrazine groups is 1. The third-order valence-electron chi connectivity index (χ3n) is 3.52. The zero-order valence-corrected chi connectivity index (χ0v) is 17.2. The molecule has 27 heavy (non-hydrogen) atoms. The maximum atomic E-state index is 12.2. The van der Waals surface area contributed by atoms with Crippen LogP contribution in [-0.4, -0.2) is 38.7 Å². The molecule has 144 valence electrons. The van der Waals surface area contributed by atoms with Crippen molar-refractivity contribution in [1.82, 2.24) is 10.9 Å². The van der Waals surface area contributed by atoms with Crippen LogP contribution in [0.4, 0.5) is 0 Å². The van der Waals surface area contributed by atoms with Gasteiger partial charge in [-0.15, -0.1) is 0 Å². The highest BCUT2D eigenvalue weighted by Gasteiger charge is 2.11. The van der Waals surface area contributed by atoms with E-state index in [-0.39, 0.29) is 0 Å². The van der Waals surface area contributed by atoms with Crippen LogP contribution in [0.1, 0.15) is 27.6 Å². The molecule has 0 bridgehead atoms. The summed E-state index contributed by atoms with van der Waals surface area (Å²) >= 11 is 2.08. The van der Waals surface area contributed by atoms with E-state index >= 15 is 0 Å². The SMILES string of the molecule is CCOCCOc1ccc(C(=O)NNC(=O)c2ccc(OC)c(I)c2)cc1. The maximum Gasteiger partial charge on any atom is 0.269 e. The lowest BCUT2D eigenvalue weighted by molar-refractivity contribution is 0.0846. The van der Waals surface area contributed by atoms with E-state index in [1.165, 1.54) is 0 Å². The molecule has 8 heteroatoms. The predicted molar refractivity (Wildman–Crippen MR) is 109 cm³/mol. The Balaban J connectivity index is 1.86. The fourth-order valence-electron chi connectivity index (χ4n) is 2.13. The van der Waals surface area contributed by atoms with Crippen molar-refractivity contribution in [3.8, 4) is 11.5 Å². The summed E-state index contributed by atoms with van der Waals surface area (Å²) in [5.74, 6) is 0.482. The highest BCUT2D eigenvalue weighted by Crippen LogP contribution is 2.21. The normalized spacial score (nSPS) is 10.2. The average molecular weight is 484 g/mol. The van der Waals surface area contributed by atoms with Crippen molar-refractivity contribution in [2.75, 3.05) is 26.9 Å². The summed E-state index contributed by atoms with van der Waals surface area (Å²) in [6.07, 6.45) is 0. The monoisotopic (exact) mass is 484 g/mol. The second-order valence-electron chi connectivity index (χ2n) is 5.33. The number of ether oxygens (including phenoxy) is 3. The number of halogens is 1. The van der Waals surface area contributed by atoms with E-state index < -0.39 is 11.8 Å². The van der Waals surface area contributed by atoms with E-state index in [9.17, 15) is 9.59 Å². The van der Waals surface area contributed by atoms with Crippen molar-refractivity contribution in [3.63, 3.8) is 0 Å². The second kappa shape index (κ2) is 10.7. The van der Waals surface area contributed by atoms with Crippen LogP contribution in [0.15, 0.2) is 42.5 Å². The summed E-state index contributed by atoms with van der Waals surface area (Å²) in [4.78, 5) is 24.3. The van der Waals surface area contributed by atoms with Gasteiger partial charge >= 0.3 is 0 Å². The molecular weight excluding hydrogens is 463 g/mol. The number of amides is 2. The summed E-state index contributed by atoms with van der Waals surface area (Å²) in [6.45, 7) is 3.51. The Morgan fingerprint density at radius 2 is 1.59 bits per heavy atom. The molecule has 0 fully saturated rings. The quantitative estimate of drug-likeness (QED) is 0.342. The van der Waals surface area contributed by atoms with Gasteiger partial charge in [-0.3, -0.25) is 20.4 Å². The van der Waals surface area contributed by atoms with Crippen LogP contribution >= 0.6 is 22.6 Å².